The summed E-state index contributed by atoms with van der Waals surface area (Å²) in [6, 6.07) is 17.0. The summed E-state index contributed by atoms with van der Waals surface area (Å²) in [5.41, 5.74) is 4.20. The molecule has 0 radical (unpaired) electrons. The van der Waals surface area contributed by atoms with Gasteiger partial charge >= 0.3 is 30.2 Å². The Morgan fingerprint density at radius 2 is 1.09 bits per heavy atom. The predicted molar refractivity (Wildman–Crippen MR) is 241 cm³/mol. The number of rotatable bonds is 13. The molecule has 23 nitrogen and oxygen atoms in total. The number of hydrogen-bond donors (Lipinski definition) is 3. The van der Waals surface area contributed by atoms with E-state index in [2.05, 4.69) is 20.3 Å². The van der Waals surface area contributed by atoms with Crippen molar-refractivity contribution in [2.24, 2.45) is 5.90 Å². The number of carbonyl (C=O) groups excluding carboxylic acids is 5. The average molecular weight is 961 g/mol. The summed E-state index contributed by atoms with van der Waals surface area (Å²) in [4.78, 5) is 104. The van der Waals surface area contributed by atoms with E-state index >= 15 is 0 Å². The number of aromatic nitrogens is 4. The van der Waals surface area contributed by atoms with Crippen LogP contribution < -0.4 is 11.4 Å². The lowest BCUT2D eigenvalue weighted by Crippen LogP contribution is -2.49. The Labute approximate surface area is 398 Å². The Balaban J connectivity index is 0.000000189. The van der Waals surface area contributed by atoms with Crippen LogP contribution in [0.25, 0.3) is 0 Å². The third kappa shape index (κ3) is 14.3. The van der Waals surface area contributed by atoms with E-state index in [1.165, 1.54) is 54.1 Å². The standard InChI is InChI=1S/C23H29N5O6.C14H16N2O4.C9H15N3O3/c1-23(2,3)34-22(31)26-11-17(24-15-26)14-32-25-20(29)19-10-9-18-12-27(19)21(30)28(18)33-13-16-7-5-4-6-8-16;17-13(18)12-7-6-11-8-15(12)14(19)16(11)20-9-10-4-2-1-3-5-10;1-9(2,3)15-8(13)12-4-7(5-14-10)11-6-12/h4-8,11,15,18-19H,9-10,12-14H2,1-3H3,(H,25,29);1-5,11-12H,6-9H2,(H,17,18);4,6H,5,10H2,1-3H3/t18-,19+;11-,12+;/m11./s1. The van der Waals surface area contributed by atoms with Gasteiger partial charge in [0.15, 0.2) is 0 Å². The molecule has 4 bridgehead atoms. The van der Waals surface area contributed by atoms with Crippen LogP contribution in [0.15, 0.2) is 85.7 Å². The van der Waals surface area contributed by atoms with Crippen LogP contribution in [0.4, 0.5) is 19.2 Å². The summed E-state index contributed by atoms with van der Waals surface area (Å²) >= 11 is 0. The number of hydrogen-bond acceptors (Lipinski definition) is 15. The van der Waals surface area contributed by atoms with Gasteiger partial charge in [0.25, 0.3) is 5.91 Å². The van der Waals surface area contributed by atoms with Gasteiger partial charge in [-0.25, -0.2) is 54.5 Å². The number of carboxylic acids is 1. The van der Waals surface area contributed by atoms with Crippen LogP contribution in [0.5, 0.6) is 0 Å². The number of imidazole rings is 2. The molecule has 372 valence electrons. The van der Waals surface area contributed by atoms with E-state index in [0.29, 0.717) is 56.8 Å². The second kappa shape index (κ2) is 22.9. The topological polar surface area (TPSA) is 265 Å². The first kappa shape index (κ1) is 51.5. The van der Waals surface area contributed by atoms with Gasteiger partial charge in [0.2, 0.25) is 0 Å². The highest BCUT2D eigenvalue weighted by molar-refractivity contribution is 5.88. The number of amides is 5. The lowest BCUT2D eigenvalue weighted by Gasteiger charge is -2.28. The number of aliphatic carboxylic acids is 1. The van der Waals surface area contributed by atoms with Crippen molar-refractivity contribution in [1.29, 1.82) is 0 Å². The Kier molecular flexibility index (Phi) is 17.1. The van der Waals surface area contributed by atoms with Gasteiger partial charge < -0.3 is 24.4 Å². The first-order valence-electron chi connectivity index (χ1n) is 22.3. The molecular weight excluding hydrogens is 901 g/mol. The van der Waals surface area contributed by atoms with Gasteiger partial charge in [0.05, 0.1) is 23.5 Å². The largest absolute Gasteiger partial charge is 0.480 e. The first-order valence-corrected chi connectivity index (χ1v) is 22.3. The molecule has 4 aliphatic heterocycles. The van der Waals surface area contributed by atoms with Crippen molar-refractivity contribution in [2.75, 3.05) is 13.1 Å². The molecule has 23 heteroatoms. The SMILES string of the molecule is CC(C)(C)OC(=O)n1cnc(CON)c1.CC(C)(C)OC(=O)n1cnc(CONC(=O)[C@@H]2CC[C@@H]3CN2C(=O)N3OCc2ccccc2)c1.O=C(O)[C@@H]1CC[C@@H]2CN1C(=O)N2OCc1ccccc1. The van der Waals surface area contributed by atoms with Crippen molar-refractivity contribution in [3.05, 3.63) is 108 Å². The van der Waals surface area contributed by atoms with E-state index in [0.717, 1.165) is 11.1 Å². The number of piperidine rings is 2. The minimum atomic E-state index is -0.943. The Hall–Kier alpha value is -6.92. The highest BCUT2D eigenvalue weighted by atomic mass is 16.7. The number of ether oxygens (including phenoxy) is 2. The maximum absolute atomic E-state index is 12.8. The summed E-state index contributed by atoms with van der Waals surface area (Å²) in [6.45, 7) is 12.3. The molecule has 4 atom stereocenters. The first-order chi connectivity index (χ1) is 32.8. The summed E-state index contributed by atoms with van der Waals surface area (Å²) in [5, 5.41) is 11.8. The lowest BCUT2D eigenvalue weighted by molar-refractivity contribution is -0.143. The minimum absolute atomic E-state index is 0.0400. The number of carboxylic acid groups (broad SMARTS) is 1. The van der Waals surface area contributed by atoms with Crippen molar-refractivity contribution in [1.82, 2.24) is 44.5 Å². The van der Waals surface area contributed by atoms with E-state index in [1.54, 1.807) is 41.5 Å². The summed E-state index contributed by atoms with van der Waals surface area (Å²) in [5.74, 6) is 3.53. The summed E-state index contributed by atoms with van der Waals surface area (Å²) < 4.78 is 12.9. The molecule has 8 rings (SSSR count). The molecule has 0 unspecified atom stereocenters. The molecule has 2 aromatic heterocycles. The quantitative estimate of drug-likeness (QED) is 0.146. The molecule has 4 saturated heterocycles. The third-order valence-corrected chi connectivity index (χ3v) is 10.8. The zero-order valence-electron chi connectivity index (χ0n) is 39.5. The third-order valence-electron chi connectivity index (χ3n) is 10.8. The van der Waals surface area contributed by atoms with Crippen molar-refractivity contribution in [2.45, 2.75) is 129 Å². The second-order valence-corrected chi connectivity index (χ2v) is 18.4. The number of carbonyl (C=O) groups is 6. The normalized spacial score (nSPS) is 19.6. The number of nitrogens with two attached hydrogens (primary N) is 1. The molecule has 2 aromatic carbocycles. The van der Waals surface area contributed by atoms with Crippen LogP contribution in [-0.4, -0.2) is 129 Å². The zero-order chi connectivity index (χ0) is 49.9. The predicted octanol–water partition coefficient (Wildman–Crippen LogP) is 5.14. The van der Waals surface area contributed by atoms with Crippen LogP contribution in [0.2, 0.25) is 0 Å². The van der Waals surface area contributed by atoms with Crippen LogP contribution in [0, 0.1) is 0 Å². The Morgan fingerprint density at radius 3 is 1.52 bits per heavy atom. The number of urea groups is 2. The van der Waals surface area contributed by atoms with Crippen LogP contribution in [0.1, 0.15) is 89.7 Å². The maximum atomic E-state index is 12.8. The molecule has 5 amide bonds. The van der Waals surface area contributed by atoms with Gasteiger partial charge in [-0.3, -0.25) is 24.1 Å². The molecule has 0 saturated carbocycles. The van der Waals surface area contributed by atoms with E-state index in [9.17, 15) is 28.8 Å². The second-order valence-electron chi connectivity index (χ2n) is 18.4. The number of nitrogens with one attached hydrogen (secondary N) is 1. The smallest absolute Gasteiger partial charge is 0.419 e. The molecule has 69 heavy (non-hydrogen) atoms. The Bertz CT molecular complexity index is 2380. The van der Waals surface area contributed by atoms with Gasteiger partial charge in [-0.2, -0.15) is 10.1 Å². The molecule has 4 aliphatic rings. The van der Waals surface area contributed by atoms with Gasteiger partial charge in [-0.05, 0) is 78.4 Å². The molecule has 6 heterocycles. The molecular formula is C46H60N10O13. The fourth-order valence-corrected chi connectivity index (χ4v) is 7.60. The van der Waals surface area contributed by atoms with Crippen LogP contribution in [-0.2, 0) is 64.8 Å². The van der Waals surface area contributed by atoms with Crippen LogP contribution in [0.3, 0.4) is 0 Å². The van der Waals surface area contributed by atoms with Crippen molar-refractivity contribution in [3.63, 3.8) is 0 Å². The Morgan fingerprint density at radius 1 is 0.652 bits per heavy atom. The van der Waals surface area contributed by atoms with Crippen molar-refractivity contribution in [3.8, 4) is 0 Å². The zero-order valence-corrected chi connectivity index (χ0v) is 39.5. The average Bonchev–Trinajstić information content (AvgIpc) is 4.08. The fourth-order valence-electron chi connectivity index (χ4n) is 7.60. The minimum Gasteiger partial charge on any atom is -0.480 e. The van der Waals surface area contributed by atoms with Crippen LogP contribution >= 0.6 is 0 Å². The van der Waals surface area contributed by atoms with E-state index in [1.807, 2.05) is 60.7 Å². The fraction of sp³-hybridized carbons (Fsp3) is 0.478. The van der Waals surface area contributed by atoms with Crippen molar-refractivity contribution < 1.29 is 62.7 Å². The highest BCUT2D eigenvalue weighted by Crippen LogP contribution is 2.32. The van der Waals surface area contributed by atoms with E-state index < -0.39 is 47.3 Å². The van der Waals surface area contributed by atoms with Gasteiger partial charge in [-0.15, -0.1) is 0 Å². The van der Waals surface area contributed by atoms with Gasteiger partial charge in [0.1, 0.15) is 62.4 Å². The highest BCUT2D eigenvalue weighted by Gasteiger charge is 2.49. The molecule has 4 fully saturated rings. The lowest BCUT2D eigenvalue weighted by atomic mass is 10.0. The van der Waals surface area contributed by atoms with Crippen molar-refractivity contribution >= 4 is 36.1 Å². The van der Waals surface area contributed by atoms with Gasteiger partial charge in [0, 0.05) is 25.5 Å². The number of benzene rings is 2. The number of nitrogens with zero attached hydrogens (tertiary/aromatic N) is 8. The maximum Gasteiger partial charge on any atom is 0.419 e. The van der Waals surface area contributed by atoms with E-state index in [4.69, 9.17) is 35.0 Å². The molecule has 0 aliphatic carbocycles. The molecule has 4 aromatic rings. The molecule has 4 N–H and O–H groups in total. The summed E-state index contributed by atoms with van der Waals surface area (Å²) in [6.07, 6.45) is 6.94. The van der Waals surface area contributed by atoms with E-state index in [-0.39, 0.29) is 44.0 Å². The summed E-state index contributed by atoms with van der Waals surface area (Å²) in [7, 11) is 0. The molecule has 0 spiro atoms. The number of hydroxylamine groups is 5. The number of fused-ring (bicyclic) bond motifs is 4. The monoisotopic (exact) mass is 960 g/mol. The van der Waals surface area contributed by atoms with Gasteiger partial charge in [-0.1, -0.05) is 60.7 Å².